The summed E-state index contributed by atoms with van der Waals surface area (Å²) in [6, 6.07) is 5.77. The van der Waals surface area contributed by atoms with E-state index < -0.39 is 0 Å². The van der Waals surface area contributed by atoms with Crippen molar-refractivity contribution in [3.05, 3.63) is 30.6 Å². The zero-order chi connectivity index (χ0) is 13.1. The van der Waals surface area contributed by atoms with Gasteiger partial charge in [0.1, 0.15) is 0 Å². The lowest BCUT2D eigenvalue weighted by Gasteiger charge is -2.05. The smallest absolute Gasteiger partial charge is 0.231 e. The van der Waals surface area contributed by atoms with Crippen molar-refractivity contribution in [2.45, 2.75) is 0 Å². The van der Waals surface area contributed by atoms with E-state index in [0.29, 0.717) is 19.0 Å². The van der Waals surface area contributed by atoms with Crippen LogP contribution in [0.5, 0.6) is 11.5 Å². The summed E-state index contributed by atoms with van der Waals surface area (Å²) in [6.07, 6.45) is 3.53. The monoisotopic (exact) mass is 258 g/mol. The van der Waals surface area contributed by atoms with Gasteiger partial charge < -0.3 is 20.5 Å². The van der Waals surface area contributed by atoms with Gasteiger partial charge in [-0.05, 0) is 17.7 Å². The molecule has 0 unspecified atom stereocenters. The number of nitrogens with one attached hydrogen (secondary N) is 1. The van der Waals surface area contributed by atoms with E-state index in [4.69, 9.17) is 15.2 Å². The minimum Gasteiger partial charge on any atom is -0.454 e. The molecule has 0 saturated carbocycles. The van der Waals surface area contributed by atoms with Gasteiger partial charge >= 0.3 is 0 Å². The van der Waals surface area contributed by atoms with Crippen LogP contribution in [0.4, 0.5) is 5.95 Å². The van der Waals surface area contributed by atoms with Gasteiger partial charge in [0.15, 0.2) is 11.5 Å². The second-order valence-corrected chi connectivity index (χ2v) is 4.08. The number of fused-ring (bicyclic) bond motifs is 1. The summed E-state index contributed by atoms with van der Waals surface area (Å²) in [5.74, 6) is 2.10. The van der Waals surface area contributed by atoms with Crippen molar-refractivity contribution in [1.82, 2.24) is 9.97 Å². The molecule has 0 amide bonds. The van der Waals surface area contributed by atoms with Crippen molar-refractivity contribution in [2.75, 3.05) is 25.2 Å². The number of hydrogen-bond acceptors (Lipinski definition) is 6. The van der Waals surface area contributed by atoms with E-state index in [1.165, 1.54) is 0 Å². The SMILES string of the molecule is NCCNc1ncc(-c2ccc3c(c2)OCO3)cn1. The first kappa shape index (κ1) is 11.7. The van der Waals surface area contributed by atoms with Crippen molar-refractivity contribution in [2.24, 2.45) is 5.73 Å². The number of ether oxygens (including phenoxy) is 2. The van der Waals surface area contributed by atoms with Crippen LogP contribution in [0.15, 0.2) is 30.6 Å². The largest absolute Gasteiger partial charge is 0.454 e. The van der Waals surface area contributed by atoms with Gasteiger partial charge in [0.25, 0.3) is 0 Å². The van der Waals surface area contributed by atoms with Crippen molar-refractivity contribution < 1.29 is 9.47 Å². The number of benzene rings is 1. The standard InChI is InChI=1S/C13H14N4O2/c14-3-4-15-13-16-6-10(7-17-13)9-1-2-11-12(5-9)19-8-18-11/h1-2,5-7H,3-4,8,14H2,(H,15,16,17). The molecular weight excluding hydrogens is 244 g/mol. The number of hydrogen-bond donors (Lipinski definition) is 2. The van der Waals surface area contributed by atoms with Gasteiger partial charge in [-0.15, -0.1) is 0 Å². The van der Waals surface area contributed by atoms with Crippen LogP contribution in [0.3, 0.4) is 0 Å². The van der Waals surface area contributed by atoms with E-state index in [2.05, 4.69) is 15.3 Å². The fourth-order valence-electron chi connectivity index (χ4n) is 1.83. The molecule has 2 aromatic rings. The molecular formula is C13H14N4O2. The predicted molar refractivity (Wildman–Crippen MR) is 71.1 cm³/mol. The van der Waals surface area contributed by atoms with Gasteiger partial charge in [0.05, 0.1) is 0 Å². The van der Waals surface area contributed by atoms with Crippen molar-refractivity contribution in [3.8, 4) is 22.6 Å². The van der Waals surface area contributed by atoms with Crippen LogP contribution in [0.1, 0.15) is 0 Å². The molecule has 1 aromatic carbocycles. The number of nitrogens with zero attached hydrogens (tertiary/aromatic N) is 2. The lowest BCUT2D eigenvalue weighted by atomic mass is 10.1. The van der Waals surface area contributed by atoms with Crippen LogP contribution in [0.2, 0.25) is 0 Å². The lowest BCUT2D eigenvalue weighted by Crippen LogP contribution is -2.14. The van der Waals surface area contributed by atoms with Gasteiger partial charge in [-0.2, -0.15) is 0 Å². The Hall–Kier alpha value is -2.34. The van der Waals surface area contributed by atoms with Crippen molar-refractivity contribution >= 4 is 5.95 Å². The van der Waals surface area contributed by atoms with Crippen LogP contribution in [0, 0.1) is 0 Å². The Bertz CT molecular complexity index is 571. The Morgan fingerprint density at radius 1 is 1.11 bits per heavy atom. The first-order valence-corrected chi connectivity index (χ1v) is 6.03. The van der Waals surface area contributed by atoms with Crippen LogP contribution in [0.25, 0.3) is 11.1 Å². The maximum Gasteiger partial charge on any atom is 0.231 e. The van der Waals surface area contributed by atoms with E-state index >= 15 is 0 Å². The fourth-order valence-corrected chi connectivity index (χ4v) is 1.83. The third-order valence-corrected chi connectivity index (χ3v) is 2.79. The minimum absolute atomic E-state index is 0.275. The highest BCUT2D eigenvalue weighted by molar-refractivity contribution is 5.66. The molecule has 1 aliphatic rings. The predicted octanol–water partition coefficient (Wildman–Crippen LogP) is 1.24. The van der Waals surface area contributed by atoms with Crippen molar-refractivity contribution in [1.29, 1.82) is 0 Å². The molecule has 1 aliphatic heterocycles. The Balaban J connectivity index is 1.82. The number of aromatic nitrogens is 2. The maximum absolute atomic E-state index is 5.41. The van der Waals surface area contributed by atoms with Crippen LogP contribution in [-0.4, -0.2) is 29.9 Å². The summed E-state index contributed by atoms with van der Waals surface area (Å²) in [5.41, 5.74) is 7.33. The van der Waals surface area contributed by atoms with Gasteiger partial charge in [-0.3, -0.25) is 0 Å². The molecule has 19 heavy (non-hydrogen) atoms. The maximum atomic E-state index is 5.41. The van der Waals surface area contributed by atoms with Crippen LogP contribution in [-0.2, 0) is 0 Å². The summed E-state index contributed by atoms with van der Waals surface area (Å²) in [6.45, 7) is 1.48. The summed E-state index contributed by atoms with van der Waals surface area (Å²) in [4.78, 5) is 8.47. The highest BCUT2D eigenvalue weighted by atomic mass is 16.7. The Labute approximate surface area is 110 Å². The van der Waals surface area contributed by atoms with Gasteiger partial charge in [-0.1, -0.05) is 6.07 Å². The molecule has 0 atom stereocenters. The summed E-state index contributed by atoms with van der Waals surface area (Å²) >= 11 is 0. The first-order chi connectivity index (χ1) is 9.36. The molecule has 98 valence electrons. The molecule has 0 bridgehead atoms. The fraction of sp³-hybridized carbons (Fsp3) is 0.231. The van der Waals surface area contributed by atoms with E-state index in [1.54, 1.807) is 12.4 Å². The number of rotatable bonds is 4. The Kier molecular flexibility index (Phi) is 3.16. The van der Waals surface area contributed by atoms with Gasteiger partial charge in [0.2, 0.25) is 12.7 Å². The number of nitrogens with two attached hydrogens (primary N) is 1. The Morgan fingerprint density at radius 2 is 1.89 bits per heavy atom. The molecule has 0 aliphatic carbocycles. The average Bonchev–Trinajstić information content (AvgIpc) is 2.93. The molecule has 2 heterocycles. The molecule has 3 rings (SSSR count). The molecule has 0 saturated heterocycles. The highest BCUT2D eigenvalue weighted by Crippen LogP contribution is 2.35. The summed E-state index contributed by atoms with van der Waals surface area (Å²) in [5, 5.41) is 3.02. The second-order valence-electron chi connectivity index (χ2n) is 4.08. The van der Waals surface area contributed by atoms with Gasteiger partial charge in [0, 0.05) is 31.0 Å². The molecule has 1 aromatic heterocycles. The summed E-state index contributed by atoms with van der Waals surface area (Å²) < 4.78 is 10.6. The zero-order valence-electron chi connectivity index (χ0n) is 10.3. The second kappa shape index (κ2) is 5.11. The normalized spacial score (nSPS) is 12.5. The molecule has 0 fully saturated rings. The summed E-state index contributed by atoms with van der Waals surface area (Å²) in [7, 11) is 0. The van der Waals surface area contributed by atoms with E-state index in [-0.39, 0.29) is 6.79 Å². The van der Waals surface area contributed by atoms with Crippen molar-refractivity contribution in [3.63, 3.8) is 0 Å². The molecule has 3 N–H and O–H groups in total. The van der Waals surface area contributed by atoms with Crippen LogP contribution < -0.4 is 20.5 Å². The van der Waals surface area contributed by atoms with Crippen LogP contribution >= 0.6 is 0 Å². The average molecular weight is 258 g/mol. The zero-order valence-corrected chi connectivity index (χ0v) is 10.3. The third-order valence-electron chi connectivity index (χ3n) is 2.79. The van der Waals surface area contributed by atoms with E-state index in [9.17, 15) is 0 Å². The molecule has 0 radical (unpaired) electrons. The third kappa shape index (κ3) is 2.43. The quantitative estimate of drug-likeness (QED) is 0.858. The van der Waals surface area contributed by atoms with E-state index in [1.807, 2.05) is 18.2 Å². The molecule has 0 spiro atoms. The Morgan fingerprint density at radius 3 is 2.68 bits per heavy atom. The first-order valence-electron chi connectivity index (χ1n) is 6.03. The minimum atomic E-state index is 0.275. The molecule has 6 heteroatoms. The highest BCUT2D eigenvalue weighted by Gasteiger charge is 2.13. The molecule has 6 nitrogen and oxygen atoms in total. The lowest BCUT2D eigenvalue weighted by molar-refractivity contribution is 0.174. The topological polar surface area (TPSA) is 82.3 Å². The van der Waals surface area contributed by atoms with Gasteiger partial charge in [-0.25, -0.2) is 9.97 Å². The van der Waals surface area contributed by atoms with E-state index in [0.717, 1.165) is 22.6 Å². The number of anilines is 1.